The van der Waals surface area contributed by atoms with E-state index in [4.69, 9.17) is 19.9 Å². The van der Waals surface area contributed by atoms with Crippen molar-refractivity contribution in [3.8, 4) is 17.2 Å². The first kappa shape index (κ1) is 20.2. The van der Waals surface area contributed by atoms with Gasteiger partial charge in [-0.15, -0.1) is 0 Å². The predicted octanol–water partition coefficient (Wildman–Crippen LogP) is 4.17. The summed E-state index contributed by atoms with van der Waals surface area (Å²) in [5.41, 5.74) is 8.43. The van der Waals surface area contributed by atoms with Gasteiger partial charge in [-0.1, -0.05) is 12.1 Å². The van der Waals surface area contributed by atoms with Gasteiger partial charge in [0.25, 0.3) is 5.91 Å². The van der Waals surface area contributed by atoms with E-state index < -0.39 is 0 Å². The van der Waals surface area contributed by atoms with Crippen LogP contribution in [0.15, 0.2) is 54.6 Å². The van der Waals surface area contributed by atoms with Gasteiger partial charge in [-0.05, 0) is 55.0 Å². The number of aromatic nitrogens is 1. The summed E-state index contributed by atoms with van der Waals surface area (Å²) in [6.07, 6.45) is 0. The molecule has 0 bridgehead atoms. The number of carbonyl (C=O) groups excluding carboxylic acids is 1. The van der Waals surface area contributed by atoms with Crippen molar-refractivity contribution in [1.29, 1.82) is 0 Å². The van der Waals surface area contributed by atoms with Crippen LogP contribution >= 0.6 is 0 Å². The summed E-state index contributed by atoms with van der Waals surface area (Å²) >= 11 is 0. The highest BCUT2D eigenvalue weighted by Crippen LogP contribution is 2.31. The Bertz CT molecular complexity index is 1000. The number of hydrogen-bond donors (Lipinski definition) is 2. The summed E-state index contributed by atoms with van der Waals surface area (Å²) in [4.78, 5) is 16.9. The van der Waals surface area contributed by atoms with Crippen molar-refractivity contribution < 1.29 is 19.0 Å². The second-order valence-electron chi connectivity index (χ2n) is 6.35. The molecule has 7 nitrogen and oxygen atoms in total. The van der Waals surface area contributed by atoms with E-state index in [1.54, 1.807) is 44.6 Å². The van der Waals surface area contributed by atoms with Gasteiger partial charge < -0.3 is 25.3 Å². The number of nitrogens with one attached hydrogen (secondary N) is 1. The lowest BCUT2D eigenvalue weighted by Crippen LogP contribution is -2.16. The Morgan fingerprint density at radius 2 is 1.76 bits per heavy atom. The number of ether oxygens (including phenoxy) is 3. The molecule has 2 aromatic carbocycles. The number of para-hydroxylation sites is 2. The molecule has 1 heterocycles. The second-order valence-corrected chi connectivity index (χ2v) is 6.35. The maximum atomic E-state index is 12.6. The highest BCUT2D eigenvalue weighted by atomic mass is 16.5. The van der Waals surface area contributed by atoms with Crippen LogP contribution < -0.4 is 20.5 Å². The van der Waals surface area contributed by atoms with E-state index in [2.05, 4.69) is 10.3 Å². The molecule has 0 aliphatic rings. The van der Waals surface area contributed by atoms with Gasteiger partial charge in [0, 0.05) is 12.8 Å². The number of amides is 1. The van der Waals surface area contributed by atoms with Gasteiger partial charge in [0.2, 0.25) is 0 Å². The van der Waals surface area contributed by atoms with Gasteiger partial charge in [0.05, 0.1) is 25.0 Å². The lowest BCUT2D eigenvalue weighted by atomic mass is 10.1. The van der Waals surface area contributed by atoms with E-state index in [1.165, 1.54) is 0 Å². The summed E-state index contributed by atoms with van der Waals surface area (Å²) in [6.45, 7) is 2.20. The minimum atomic E-state index is -0.333. The van der Waals surface area contributed by atoms with Crippen molar-refractivity contribution in [3.05, 3.63) is 71.4 Å². The largest absolute Gasteiger partial charge is 0.493 e. The molecule has 0 saturated heterocycles. The summed E-state index contributed by atoms with van der Waals surface area (Å²) in [7, 11) is 3.17. The smallest absolute Gasteiger partial charge is 0.259 e. The third-order valence-corrected chi connectivity index (χ3v) is 4.28. The molecule has 0 fully saturated rings. The van der Waals surface area contributed by atoms with E-state index in [0.29, 0.717) is 40.8 Å². The van der Waals surface area contributed by atoms with Crippen molar-refractivity contribution in [2.45, 2.75) is 13.5 Å². The monoisotopic (exact) mass is 393 g/mol. The molecule has 0 radical (unpaired) electrons. The first-order valence-electron chi connectivity index (χ1n) is 8.99. The number of pyridine rings is 1. The number of carbonyl (C=O) groups is 1. The Kier molecular flexibility index (Phi) is 6.31. The van der Waals surface area contributed by atoms with Crippen LogP contribution in [-0.4, -0.2) is 25.1 Å². The zero-order valence-electron chi connectivity index (χ0n) is 16.6. The Labute approximate surface area is 169 Å². The molecule has 0 spiro atoms. The lowest BCUT2D eigenvalue weighted by molar-refractivity contribution is 0.102. The Hall–Kier alpha value is -3.58. The van der Waals surface area contributed by atoms with E-state index in [-0.39, 0.29) is 11.7 Å². The van der Waals surface area contributed by atoms with Crippen molar-refractivity contribution in [2.75, 3.05) is 25.3 Å². The average molecular weight is 393 g/mol. The highest BCUT2D eigenvalue weighted by molar-refractivity contribution is 6.07. The number of aryl methyl sites for hydroxylation is 1. The van der Waals surface area contributed by atoms with Crippen LogP contribution in [0.1, 0.15) is 21.6 Å². The molecule has 0 atom stereocenters. The molecule has 0 unspecified atom stereocenters. The van der Waals surface area contributed by atoms with Gasteiger partial charge >= 0.3 is 0 Å². The second kappa shape index (κ2) is 9.07. The van der Waals surface area contributed by atoms with E-state index >= 15 is 0 Å². The van der Waals surface area contributed by atoms with Crippen molar-refractivity contribution in [2.24, 2.45) is 0 Å². The molecule has 0 aliphatic carbocycles. The number of anilines is 2. The third kappa shape index (κ3) is 4.83. The van der Waals surface area contributed by atoms with Gasteiger partial charge in [-0.3, -0.25) is 4.79 Å². The molecular formula is C22H23N3O4. The van der Waals surface area contributed by atoms with Gasteiger partial charge in [-0.25, -0.2) is 4.98 Å². The SMILES string of the molecule is COCc1nc(N)c(C(=O)Nc2ccc(Oc3ccccc3OC)cc2)cc1C. The fourth-order valence-electron chi connectivity index (χ4n) is 2.77. The molecule has 0 aliphatic heterocycles. The zero-order chi connectivity index (χ0) is 20.8. The first-order valence-corrected chi connectivity index (χ1v) is 8.99. The maximum absolute atomic E-state index is 12.6. The minimum Gasteiger partial charge on any atom is -0.493 e. The molecule has 3 rings (SSSR count). The van der Waals surface area contributed by atoms with Crippen LogP contribution in [-0.2, 0) is 11.3 Å². The molecule has 150 valence electrons. The number of benzene rings is 2. The van der Waals surface area contributed by atoms with Gasteiger partial charge in [0.15, 0.2) is 11.5 Å². The quantitative estimate of drug-likeness (QED) is 0.625. The van der Waals surface area contributed by atoms with Gasteiger partial charge in [0.1, 0.15) is 11.6 Å². The fraction of sp³-hybridized carbons (Fsp3) is 0.182. The standard InChI is InChI=1S/C22H23N3O4/c1-14-12-17(21(23)25-18(14)13-27-2)22(26)24-15-8-10-16(11-9-15)29-20-7-5-4-6-19(20)28-3/h4-12H,13H2,1-3H3,(H2,23,25)(H,24,26). The van der Waals surface area contributed by atoms with Crippen LogP contribution in [0.3, 0.4) is 0 Å². The number of methoxy groups -OCH3 is 2. The Morgan fingerprint density at radius 1 is 1.07 bits per heavy atom. The van der Waals surface area contributed by atoms with E-state index in [9.17, 15) is 4.79 Å². The zero-order valence-corrected chi connectivity index (χ0v) is 16.6. The van der Waals surface area contributed by atoms with Crippen molar-refractivity contribution >= 4 is 17.4 Å². The topological polar surface area (TPSA) is 95.7 Å². The minimum absolute atomic E-state index is 0.163. The fourth-order valence-corrected chi connectivity index (χ4v) is 2.77. The number of nitrogen functional groups attached to an aromatic ring is 1. The van der Waals surface area contributed by atoms with Crippen LogP contribution in [0.4, 0.5) is 11.5 Å². The van der Waals surface area contributed by atoms with Crippen LogP contribution in [0.2, 0.25) is 0 Å². The predicted molar refractivity (Wildman–Crippen MR) is 112 cm³/mol. The molecule has 3 aromatic rings. The van der Waals surface area contributed by atoms with Crippen LogP contribution in [0, 0.1) is 6.92 Å². The van der Waals surface area contributed by atoms with E-state index in [0.717, 1.165) is 5.56 Å². The highest BCUT2D eigenvalue weighted by Gasteiger charge is 2.14. The maximum Gasteiger partial charge on any atom is 0.259 e. The number of nitrogens with two attached hydrogens (primary N) is 1. The van der Waals surface area contributed by atoms with Gasteiger partial charge in [-0.2, -0.15) is 0 Å². The summed E-state index contributed by atoms with van der Waals surface area (Å²) in [5, 5.41) is 2.82. The lowest BCUT2D eigenvalue weighted by Gasteiger charge is -2.12. The molecule has 1 aromatic heterocycles. The molecule has 0 saturated carbocycles. The average Bonchev–Trinajstić information content (AvgIpc) is 2.72. The molecule has 3 N–H and O–H groups in total. The Morgan fingerprint density at radius 3 is 2.41 bits per heavy atom. The molecule has 29 heavy (non-hydrogen) atoms. The number of hydrogen-bond acceptors (Lipinski definition) is 6. The molecule has 7 heteroatoms. The summed E-state index contributed by atoms with van der Waals surface area (Å²) in [6, 6.07) is 16.1. The summed E-state index contributed by atoms with van der Waals surface area (Å²) < 4.78 is 16.2. The van der Waals surface area contributed by atoms with Crippen molar-refractivity contribution in [1.82, 2.24) is 4.98 Å². The summed E-state index contributed by atoms with van der Waals surface area (Å²) in [5.74, 6) is 1.70. The molecular weight excluding hydrogens is 370 g/mol. The number of rotatable bonds is 7. The molecule has 1 amide bonds. The van der Waals surface area contributed by atoms with E-state index in [1.807, 2.05) is 31.2 Å². The normalized spacial score (nSPS) is 10.4. The first-order chi connectivity index (χ1) is 14.0. The van der Waals surface area contributed by atoms with Crippen LogP contribution in [0.25, 0.3) is 0 Å². The Balaban J connectivity index is 1.71. The number of nitrogens with zero attached hydrogens (tertiary/aromatic N) is 1. The van der Waals surface area contributed by atoms with Crippen molar-refractivity contribution in [3.63, 3.8) is 0 Å². The van der Waals surface area contributed by atoms with Crippen LogP contribution in [0.5, 0.6) is 17.2 Å². The third-order valence-electron chi connectivity index (χ3n) is 4.28.